The molecule has 2 aromatic carbocycles. The van der Waals surface area contributed by atoms with Crippen LogP contribution in [-0.2, 0) is 11.3 Å². The van der Waals surface area contributed by atoms with E-state index in [0.717, 1.165) is 0 Å². The van der Waals surface area contributed by atoms with E-state index in [9.17, 15) is 25.0 Å². The number of ether oxygens (including phenoxy) is 1. The molecule has 0 saturated heterocycles. The lowest BCUT2D eigenvalue weighted by Crippen LogP contribution is -2.08. The van der Waals surface area contributed by atoms with Crippen molar-refractivity contribution in [3.05, 3.63) is 79.4 Å². The lowest BCUT2D eigenvalue weighted by Gasteiger charge is -2.07. The normalized spacial score (nSPS) is 10.1. The first-order chi connectivity index (χ1) is 10.9. The van der Waals surface area contributed by atoms with Gasteiger partial charge in [0, 0.05) is 23.8 Å². The molecule has 0 bridgehead atoms. The van der Waals surface area contributed by atoms with Gasteiger partial charge >= 0.3 is 5.97 Å². The number of hydrogen-bond donors (Lipinski definition) is 0. The fraction of sp³-hybridized carbons (Fsp3) is 0.133. The molecular weight excluding hydrogens is 304 g/mol. The molecule has 2 rings (SSSR count). The first kappa shape index (κ1) is 16.1. The Labute approximate surface area is 130 Å². The number of hydrogen-bond acceptors (Lipinski definition) is 6. The molecule has 0 aliphatic carbocycles. The Hall–Kier alpha value is -3.29. The molecule has 0 amide bonds. The Balaban J connectivity index is 2.14. The molecule has 0 atom stereocenters. The largest absolute Gasteiger partial charge is 0.457 e. The second-order valence-corrected chi connectivity index (χ2v) is 4.71. The van der Waals surface area contributed by atoms with Gasteiger partial charge in [0.25, 0.3) is 11.4 Å². The fourth-order valence-corrected chi connectivity index (χ4v) is 2.03. The van der Waals surface area contributed by atoms with Gasteiger partial charge in [0.15, 0.2) is 0 Å². The van der Waals surface area contributed by atoms with Crippen molar-refractivity contribution in [3.8, 4) is 0 Å². The van der Waals surface area contributed by atoms with E-state index in [1.165, 1.54) is 43.3 Å². The highest BCUT2D eigenvalue weighted by Gasteiger charge is 2.19. The van der Waals surface area contributed by atoms with Gasteiger partial charge in [0.2, 0.25) is 0 Å². The maximum Gasteiger partial charge on any atom is 0.338 e. The molecule has 0 aliphatic rings. The SMILES string of the molecule is Cc1c(C(=O)OCc2cccc([N+](=O)[O-])c2)cccc1[N+](=O)[O-]. The number of carbonyl (C=O) groups excluding carboxylic acids is 1. The van der Waals surface area contributed by atoms with Crippen molar-refractivity contribution in [2.24, 2.45) is 0 Å². The van der Waals surface area contributed by atoms with E-state index in [2.05, 4.69) is 0 Å². The van der Waals surface area contributed by atoms with Gasteiger partial charge in [-0.05, 0) is 18.6 Å². The summed E-state index contributed by atoms with van der Waals surface area (Å²) in [5.74, 6) is -0.724. The number of nitro benzene ring substituents is 2. The maximum absolute atomic E-state index is 12.1. The van der Waals surface area contributed by atoms with Crippen molar-refractivity contribution in [1.82, 2.24) is 0 Å². The third-order valence-corrected chi connectivity index (χ3v) is 3.21. The summed E-state index contributed by atoms with van der Waals surface area (Å²) in [6, 6.07) is 9.82. The molecule has 0 heterocycles. The highest BCUT2D eigenvalue weighted by molar-refractivity contribution is 5.92. The standard InChI is InChI=1S/C15H12N2O6/c1-10-13(6-3-7-14(10)17(21)22)15(18)23-9-11-4-2-5-12(8-11)16(19)20/h2-8H,9H2,1H3. The van der Waals surface area contributed by atoms with Gasteiger partial charge in [0.05, 0.1) is 15.4 Å². The first-order valence-corrected chi connectivity index (χ1v) is 6.54. The summed E-state index contributed by atoms with van der Waals surface area (Å²) in [4.78, 5) is 32.5. The Bertz CT molecular complexity index is 787. The van der Waals surface area contributed by atoms with Crippen LogP contribution in [0.5, 0.6) is 0 Å². The van der Waals surface area contributed by atoms with Crippen LogP contribution in [0, 0.1) is 27.2 Å². The van der Waals surface area contributed by atoms with Crippen molar-refractivity contribution in [3.63, 3.8) is 0 Å². The summed E-state index contributed by atoms with van der Waals surface area (Å²) in [7, 11) is 0. The molecule has 0 fully saturated rings. The monoisotopic (exact) mass is 316 g/mol. The van der Waals surface area contributed by atoms with Gasteiger partial charge in [-0.1, -0.05) is 18.2 Å². The van der Waals surface area contributed by atoms with E-state index in [1.54, 1.807) is 6.07 Å². The summed E-state index contributed by atoms with van der Waals surface area (Å²) in [6.07, 6.45) is 0. The zero-order valence-electron chi connectivity index (χ0n) is 12.1. The highest BCUT2D eigenvalue weighted by atomic mass is 16.6. The summed E-state index contributed by atoms with van der Waals surface area (Å²) >= 11 is 0. The van der Waals surface area contributed by atoms with E-state index in [4.69, 9.17) is 4.74 Å². The Kier molecular flexibility index (Phi) is 4.65. The van der Waals surface area contributed by atoms with E-state index in [-0.39, 0.29) is 29.1 Å². The van der Waals surface area contributed by atoms with Gasteiger partial charge in [-0.25, -0.2) is 4.79 Å². The zero-order chi connectivity index (χ0) is 17.0. The Morgan fingerprint density at radius 2 is 1.78 bits per heavy atom. The number of nitro groups is 2. The van der Waals surface area contributed by atoms with Crippen LogP contribution in [0.25, 0.3) is 0 Å². The van der Waals surface area contributed by atoms with E-state index in [1.807, 2.05) is 0 Å². The van der Waals surface area contributed by atoms with Crippen molar-refractivity contribution < 1.29 is 19.4 Å². The average Bonchev–Trinajstić information content (AvgIpc) is 2.52. The summed E-state index contributed by atoms with van der Waals surface area (Å²) < 4.78 is 5.08. The molecule has 0 spiro atoms. The Morgan fingerprint density at radius 1 is 1.09 bits per heavy atom. The van der Waals surface area contributed by atoms with Crippen LogP contribution in [0.2, 0.25) is 0 Å². The Morgan fingerprint density at radius 3 is 2.43 bits per heavy atom. The predicted octanol–water partition coefficient (Wildman–Crippen LogP) is 3.17. The van der Waals surface area contributed by atoms with Gasteiger partial charge in [-0.3, -0.25) is 20.2 Å². The minimum Gasteiger partial charge on any atom is -0.457 e. The number of carbonyl (C=O) groups is 1. The number of benzene rings is 2. The number of rotatable bonds is 5. The van der Waals surface area contributed by atoms with Crippen LogP contribution in [0.15, 0.2) is 42.5 Å². The molecule has 2 aromatic rings. The van der Waals surface area contributed by atoms with Gasteiger partial charge in [-0.2, -0.15) is 0 Å². The number of non-ortho nitro benzene ring substituents is 1. The third-order valence-electron chi connectivity index (χ3n) is 3.21. The summed E-state index contributed by atoms with van der Waals surface area (Å²) in [5, 5.41) is 21.6. The molecular formula is C15H12N2O6. The lowest BCUT2D eigenvalue weighted by molar-refractivity contribution is -0.385. The van der Waals surface area contributed by atoms with E-state index in [0.29, 0.717) is 5.56 Å². The highest BCUT2D eigenvalue weighted by Crippen LogP contribution is 2.22. The summed E-state index contributed by atoms with van der Waals surface area (Å²) in [5.41, 5.74) is 0.474. The third kappa shape index (κ3) is 3.67. The van der Waals surface area contributed by atoms with Crippen molar-refractivity contribution in [2.75, 3.05) is 0 Å². The summed E-state index contributed by atoms with van der Waals surface area (Å²) in [6.45, 7) is 1.30. The second kappa shape index (κ2) is 6.65. The molecule has 0 radical (unpaired) electrons. The number of esters is 1. The van der Waals surface area contributed by atoms with Crippen LogP contribution < -0.4 is 0 Å². The topological polar surface area (TPSA) is 113 Å². The molecule has 0 aliphatic heterocycles. The molecule has 0 aromatic heterocycles. The maximum atomic E-state index is 12.1. The minimum absolute atomic E-state index is 0.0876. The van der Waals surface area contributed by atoms with Crippen LogP contribution in [0.3, 0.4) is 0 Å². The van der Waals surface area contributed by atoms with Crippen LogP contribution in [0.4, 0.5) is 11.4 Å². The molecule has 23 heavy (non-hydrogen) atoms. The van der Waals surface area contributed by atoms with Crippen LogP contribution in [-0.4, -0.2) is 15.8 Å². The predicted molar refractivity (Wildman–Crippen MR) is 80.0 cm³/mol. The molecule has 8 heteroatoms. The van der Waals surface area contributed by atoms with Crippen molar-refractivity contribution in [2.45, 2.75) is 13.5 Å². The second-order valence-electron chi connectivity index (χ2n) is 4.71. The molecule has 118 valence electrons. The quantitative estimate of drug-likeness (QED) is 0.475. The minimum atomic E-state index is -0.724. The molecule has 0 saturated carbocycles. The van der Waals surface area contributed by atoms with Gasteiger partial charge in [0.1, 0.15) is 6.61 Å². The van der Waals surface area contributed by atoms with Crippen molar-refractivity contribution >= 4 is 17.3 Å². The van der Waals surface area contributed by atoms with Crippen LogP contribution in [0.1, 0.15) is 21.5 Å². The fourth-order valence-electron chi connectivity index (χ4n) is 2.03. The van der Waals surface area contributed by atoms with E-state index < -0.39 is 15.8 Å². The van der Waals surface area contributed by atoms with Gasteiger partial charge in [-0.15, -0.1) is 0 Å². The molecule has 0 unspecified atom stereocenters. The van der Waals surface area contributed by atoms with Crippen molar-refractivity contribution in [1.29, 1.82) is 0 Å². The lowest BCUT2D eigenvalue weighted by atomic mass is 10.1. The van der Waals surface area contributed by atoms with Gasteiger partial charge < -0.3 is 4.74 Å². The number of nitrogens with zero attached hydrogens (tertiary/aromatic N) is 2. The smallest absolute Gasteiger partial charge is 0.338 e. The molecule has 8 nitrogen and oxygen atoms in total. The van der Waals surface area contributed by atoms with Crippen LogP contribution >= 0.6 is 0 Å². The molecule has 0 N–H and O–H groups in total. The van der Waals surface area contributed by atoms with E-state index >= 15 is 0 Å². The first-order valence-electron chi connectivity index (χ1n) is 6.54. The zero-order valence-corrected chi connectivity index (χ0v) is 12.1. The average molecular weight is 316 g/mol.